The molecule has 1 aliphatic rings. The van der Waals surface area contributed by atoms with E-state index >= 15 is 0 Å². The van der Waals surface area contributed by atoms with Crippen molar-refractivity contribution >= 4 is 5.97 Å². The highest BCUT2D eigenvalue weighted by Crippen LogP contribution is 2.23. The Hall–Kier alpha value is -1.39. The third kappa shape index (κ3) is 5.11. The second-order valence-corrected chi connectivity index (χ2v) is 6.46. The molecule has 1 N–H and O–H groups in total. The van der Waals surface area contributed by atoms with Gasteiger partial charge in [0.15, 0.2) is 0 Å². The van der Waals surface area contributed by atoms with E-state index in [4.69, 9.17) is 5.11 Å². The van der Waals surface area contributed by atoms with E-state index in [1.165, 1.54) is 12.0 Å². The second kappa shape index (κ2) is 8.30. The van der Waals surface area contributed by atoms with E-state index in [1.807, 2.05) is 0 Å². The van der Waals surface area contributed by atoms with Gasteiger partial charge in [0.25, 0.3) is 0 Å². The van der Waals surface area contributed by atoms with E-state index in [-0.39, 0.29) is 6.42 Å². The molecule has 0 unspecified atom stereocenters. The summed E-state index contributed by atoms with van der Waals surface area (Å²) in [5, 5.41) is 8.73. The standard InChI is InChI=1S/C18H28N2O2/c1-15-13-17(19(2)11-6-9-18(21)22)10-12-20(15)14-16-7-4-3-5-8-16/h3-5,7-8,15,17H,6,9-14H2,1-2H3,(H,21,22)/t15-,17-/m0/s1. The van der Waals surface area contributed by atoms with Gasteiger partial charge >= 0.3 is 5.97 Å². The van der Waals surface area contributed by atoms with Crippen molar-refractivity contribution in [1.29, 1.82) is 0 Å². The normalized spacial score (nSPS) is 22.9. The summed E-state index contributed by atoms with van der Waals surface area (Å²) < 4.78 is 0. The first-order valence-electron chi connectivity index (χ1n) is 8.26. The maximum absolute atomic E-state index is 10.6. The van der Waals surface area contributed by atoms with E-state index in [9.17, 15) is 4.79 Å². The van der Waals surface area contributed by atoms with Crippen LogP contribution in [0, 0.1) is 0 Å². The molecule has 1 heterocycles. The van der Waals surface area contributed by atoms with E-state index in [2.05, 4.69) is 54.1 Å². The summed E-state index contributed by atoms with van der Waals surface area (Å²) in [4.78, 5) is 15.5. The number of carboxylic acids is 1. The first-order chi connectivity index (χ1) is 10.6. The number of hydrogen-bond donors (Lipinski definition) is 1. The molecule has 1 aromatic carbocycles. The highest BCUT2D eigenvalue weighted by atomic mass is 16.4. The number of carboxylic acid groups (broad SMARTS) is 1. The smallest absolute Gasteiger partial charge is 0.303 e. The average molecular weight is 304 g/mol. The van der Waals surface area contributed by atoms with Gasteiger partial charge in [-0.2, -0.15) is 0 Å². The van der Waals surface area contributed by atoms with Gasteiger partial charge in [-0.3, -0.25) is 9.69 Å². The zero-order valence-corrected chi connectivity index (χ0v) is 13.7. The monoisotopic (exact) mass is 304 g/mol. The Morgan fingerprint density at radius 1 is 1.36 bits per heavy atom. The Morgan fingerprint density at radius 3 is 2.73 bits per heavy atom. The van der Waals surface area contributed by atoms with Crippen LogP contribution in [0.2, 0.25) is 0 Å². The summed E-state index contributed by atoms with van der Waals surface area (Å²) in [6.45, 7) is 5.32. The lowest BCUT2D eigenvalue weighted by Crippen LogP contribution is -2.47. The highest BCUT2D eigenvalue weighted by Gasteiger charge is 2.27. The fourth-order valence-electron chi connectivity index (χ4n) is 3.31. The largest absolute Gasteiger partial charge is 0.481 e. The number of piperidine rings is 1. The predicted octanol–water partition coefficient (Wildman–Crippen LogP) is 2.84. The lowest BCUT2D eigenvalue weighted by molar-refractivity contribution is -0.137. The molecule has 1 saturated heterocycles. The Kier molecular flexibility index (Phi) is 6.40. The van der Waals surface area contributed by atoms with Crippen LogP contribution < -0.4 is 0 Å². The van der Waals surface area contributed by atoms with E-state index in [0.717, 1.165) is 32.5 Å². The van der Waals surface area contributed by atoms with Crippen molar-refractivity contribution in [1.82, 2.24) is 9.80 Å². The molecule has 0 spiro atoms. The number of nitrogens with zero attached hydrogens (tertiary/aromatic N) is 2. The fourth-order valence-corrected chi connectivity index (χ4v) is 3.31. The summed E-state index contributed by atoms with van der Waals surface area (Å²) in [6, 6.07) is 11.8. The zero-order chi connectivity index (χ0) is 15.9. The summed E-state index contributed by atoms with van der Waals surface area (Å²) in [5.74, 6) is -0.695. The molecule has 0 aliphatic carbocycles. The van der Waals surface area contributed by atoms with Crippen molar-refractivity contribution in [2.75, 3.05) is 20.1 Å². The lowest BCUT2D eigenvalue weighted by Gasteiger charge is -2.41. The van der Waals surface area contributed by atoms with Crippen molar-refractivity contribution in [3.63, 3.8) is 0 Å². The third-order valence-corrected chi connectivity index (χ3v) is 4.74. The van der Waals surface area contributed by atoms with Crippen molar-refractivity contribution in [2.45, 2.75) is 51.2 Å². The molecule has 1 aliphatic heterocycles. The molecule has 4 heteroatoms. The van der Waals surface area contributed by atoms with Crippen molar-refractivity contribution in [3.05, 3.63) is 35.9 Å². The molecule has 122 valence electrons. The topological polar surface area (TPSA) is 43.8 Å². The molecule has 0 amide bonds. The zero-order valence-electron chi connectivity index (χ0n) is 13.7. The molecule has 2 rings (SSSR count). The minimum Gasteiger partial charge on any atom is -0.481 e. The average Bonchev–Trinajstić information content (AvgIpc) is 2.50. The Labute approximate surface area is 133 Å². The molecule has 2 atom stereocenters. The van der Waals surface area contributed by atoms with Gasteiger partial charge in [0, 0.05) is 31.6 Å². The minimum absolute atomic E-state index is 0.271. The molecule has 0 aromatic heterocycles. The van der Waals surface area contributed by atoms with Crippen molar-refractivity contribution in [2.24, 2.45) is 0 Å². The summed E-state index contributed by atoms with van der Waals surface area (Å²) in [5.41, 5.74) is 1.38. The number of carbonyl (C=O) groups is 1. The van der Waals surface area contributed by atoms with Crippen LogP contribution in [0.4, 0.5) is 0 Å². The SMILES string of the molecule is C[C@H]1C[C@@H](N(C)CCCC(=O)O)CCN1Cc1ccccc1. The first kappa shape index (κ1) is 17.0. The fraction of sp³-hybridized carbons (Fsp3) is 0.611. The molecule has 0 bridgehead atoms. The van der Waals surface area contributed by atoms with Crippen LogP contribution in [0.15, 0.2) is 30.3 Å². The molecule has 1 aromatic rings. The highest BCUT2D eigenvalue weighted by molar-refractivity contribution is 5.66. The number of hydrogen-bond acceptors (Lipinski definition) is 3. The van der Waals surface area contributed by atoms with Gasteiger partial charge in [-0.25, -0.2) is 0 Å². The minimum atomic E-state index is -0.695. The predicted molar refractivity (Wildman–Crippen MR) is 88.8 cm³/mol. The second-order valence-electron chi connectivity index (χ2n) is 6.46. The van der Waals surface area contributed by atoms with Crippen LogP contribution in [0.25, 0.3) is 0 Å². The quantitative estimate of drug-likeness (QED) is 0.841. The van der Waals surface area contributed by atoms with Crippen LogP contribution in [-0.2, 0) is 11.3 Å². The van der Waals surface area contributed by atoms with Gasteiger partial charge in [0.05, 0.1) is 0 Å². The number of benzene rings is 1. The van der Waals surface area contributed by atoms with Gasteiger partial charge in [-0.15, -0.1) is 0 Å². The van der Waals surface area contributed by atoms with Gasteiger partial charge < -0.3 is 10.0 Å². The van der Waals surface area contributed by atoms with Gasteiger partial charge in [0.1, 0.15) is 0 Å². The van der Waals surface area contributed by atoms with Gasteiger partial charge in [-0.05, 0) is 45.3 Å². The Bertz CT molecular complexity index is 463. The van der Waals surface area contributed by atoms with Crippen LogP contribution in [-0.4, -0.2) is 53.1 Å². The van der Waals surface area contributed by atoms with Crippen LogP contribution >= 0.6 is 0 Å². The van der Waals surface area contributed by atoms with E-state index in [0.29, 0.717) is 12.1 Å². The Morgan fingerprint density at radius 2 is 2.09 bits per heavy atom. The molecular weight excluding hydrogens is 276 g/mol. The van der Waals surface area contributed by atoms with Gasteiger partial charge in [-0.1, -0.05) is 30.3 Å². The van der Waals surface area contributed by atoms with Crippen LogP contribution in [0.5, 0.6) is 0 Å². The van der Waals surface area contributed by atoms with Gasteiger partial charge in [0.2, 0.25) is 0 Å². The summed E-state index contributed by atoms with van der Waals surface area (Å²) in [6.07, 6.45) is 3.34. The van der Waals surface area contributed by atoms with Crippen molar-refractivity contribution in [3.8, 4) is 0 Å². The Balaban J connectivity index is 1.78. The number of likely N-dealkylation sites (tertiary alicyclic amines) is 1. The lowest BCUT2D eigenvalue weighted by atomic mass is 9.96. The molecule has 0 radical (unpaired) electrons. The summed E-state index contributed by atoms with van der Waals surface area (Å²) >= 11 is 0. The van der Waals surface area contributed by atoms with E-state index in [1.54, 1.807) is 0 Å². The first-order valence-corrected chi connectivity index (χ1v) is 8.26. The van der Waals surface area contributed by atoms with Crippen LogP contribution in [0.3, 0.4) is 0 Å². The molecule has 1 fully saturated rings. The van der Waals surface area contributed by atoms with Crippen LogP contribution in [0.1, 0.15) is 38.2 Å². The molecule has 0 saturated carbocycles. The molecular formula is C18H28N2O2. The maximum Gasteiger partial charge on any atom is 0.303 e. The summed E-state index contributed by atoms with van der Waals surface area (Å²) in [7, 11) is 2.13. The number of aliphatic carboxylic acids is 1. The maximum atomic E-state index is 10.6. The number of rotatable bonds is 7. The third-order valence-electron chi connectivity index (χ3n) is 4.74. The van der Waals surface area contributed by atoms with E-state index < -0.39 is 5.97 Å². The molecule has 4 nitrogen and oxygen atoms in total. The van der Waals surface area contributed by atoms with Crippen molar-refractivity contribution < 1.29 is 9.90 Å². The molecule has 22 heavy (non-hydrogen) atoms.